The van der Waals surface area contributed by atoms with Gasteiger partial charge >= 0.3 is 0 Å². The highest BCUT2D eigenvalue weighted by Crippen LogP contribution is 2.23. The van der Waals surface area contributed by atoms with E-state index in [1.54, 1.807) is 0 Å². The normalized spacial score (nSPS) is 10.7. The van der Waals surface area contributed by atoms with E-state index in [0.717, 1.165) is 5.56 Å². The molecule has 0 radical (unpaired) electrons. The number of rotatable bonds is 4. The summed E-state index contributed by atoms with van der Waals surface area (Å²) >= 11 is 0. The fourth-order valence-corrected chi connectivity index (χ4v) is 2.05. The molecule has 0 N–H and O–H groups in total. The van der Waals surface area contributed by atoms with Crippen molar-refractivity contribution in [3.05, 3.63) is 64.7 Å². The summed E-state index contributed by atoms with van der Waals surface area (Å²) in [6.45, 7) is 7.97. The standard InChI is InChI=1S/C18H20O2/c1-12(2)20-17-8-6-5-7-16(17)18(19)15-10-9-13(3)14(4)11-15/h5-12H,1-4H3. The zero-order valence-electron chi connectivity index (χ0n) is 12.4. The Bertz CT molecular complexity index is 627. The Hall–Kier alpha value is -2.09. The van der Waals surface area contributed by atoms with Crippen LogP contribution in [0.3, 0.4) is 0 Å². The molecule has 0 bridgehead atoms. The van der Waals surface area contributed by atoms with Crippen LogP contribution in [0.25, 0.3) is 0 Å². The van der Waals surface area contributed by atoms with Crippen molar-refractivity contribution in [2.75, 3.05) is 0 Å². The van der Waals surface area contributed by atoms with E-state index in [-0.39, 0.29) is 11.9 Å². The maximum atomic E-state index is 12.6. The molecule has 2 aromatic carbocycles. The van der Waals surface area contributed by atoms with Gasteiger partial charge in [0.05, 0.1) is 11.7 Å². The first-order valence-corrected chi connectivity index (χ1v) is 6.86. The quantitative estimate of drug-likeness (QED) is 0.772. The van der Waals surface area contributed by atoms with E-state index in [2.05, 4.69) is 0 Å². The molecule has 0 saturated heterocycles. The van der Waals surface area contributed by atoms with E-state index < -0.39 is 0 Å². The third-order valence-corrected chi connectivity index (χ3v) is 3.26. The van der Waals surface area contributed by atoms with Crippen molar-refractivity contribution in [3.63, 3.8) is 0 Å². The Kier molecular flexibility index (Phi) is 4.23. The smallest absolute Gasteiger partial charge is 0.196 e. The first-order valence-electron chi connectivity index (χ1n) is 6.86. The molecule has 0 atom stereocenters. The second-order valence-electron chi connectivity index (χ2n) is 5.29. The third-order valence-electron chi connectivity index (χ3n) is 3.26. The highest BCUT2D eigenvalue weighted by molar-refractivity contribution is 6.10. The second kappa shape index (κ2) is 5.91. The lowest BCUT2D eigenvalue weighted by Crippen LogP contribution is -2.10. The third kappa shape index (κ3) is 3.08. The highest BCUT2D eigenvalue weighted by atomic mass is 16.5. The molecule has 2 aromatic rings. The van der Waals surface area contributed by atoms with Crippen LogP contribution in [0.2, 0.25) is 0 Å². The number of aryl methyl sites for hydroxylation is 2. The Morgan fingerprint density at radius 2 is 1.70 bits per heavy atom. The van der Waals surface area contributed by atoms with Crippen molar-refractivity contribution in [3.8, 4) is 5.75 Å². The summed E-state index contributed by atoms with van der Waals surface area (Å²) in [5, 5.41) is 0. The number of carbonyl (C=O) groups excluding carboxylic acids is 1. The number of hydrogen-bond acceptors (Lipinski definition) is 2. The molecule has 0 aliphatic rings. The molecule has 20 heavy (non-hydrogen) atoms. The minimum atomic E-state index is 0.00403. The molecule has 0 amide bonds. The molecule has 0 saturated carbocycles. The molecule has 2 rings (SSSR count). The Morgan fingerprint density at radius 1 is 1.00 bits per heavy atom. The largest absolute Gasteiger partial charge is 0.490 e. The average molecular weight is 268 g/mol. The molecule has 0 unspecified atom stereocenters. The van der Waals surface area contributed by atoms with Crippen LogP contribution in [0, 0.1) is 13.8 Å². The fraction of sp³-hybridized carbons (Fsp3) is 0.278. The predicted molar refractivity (Wildman–Crippen MR) is 81.6 cm³/mol. The molecule has 0 heterocycles. The average Bonchev–Trinajstić information content (AvgIpc) is 2.41. The summed E-state index contributed by atoms with van der Waals surface area (Å²) in [6, 6.07) is 13.2. The Labute approximate surface area is 120 Å². The van der Waals surface area contributed by atoms with Gasteiger partial charge in [-0.2, -0.15) is 0 Å². The number of benzene rings is 2. The lowest BCUT2D eigenvalue weighted by Gasteiger charge is -2.13. The number of hydrogen-bond donors (Lipinski definition) is 0. The van der Waals surface area contributed by atoms with Gasteiger partial charge in [0.1, 0.15) is 5.75 Å². The van der Waals surface area contributed by atoms with Gasteiger partial charge in [0.25, 0.3) is 0 Å². The summed E-state index contributed by atoms with van der Waals surface area (Å²) in [5.41, 5.74) is 3.63. The number of carbonyl (C=O) groups is 1. The van der Waals surface area contributed by atoms with E-state index in [1.165, 1.54) is 5.56 Å². The zero-order chi connectivity index (χ0) is 14.7. The van der Waals surface area contributed by atoms with Gasteiger partial charge in [0.2, 0.25) is 0 Å². The van der Waals surface area contributed by atoms with Crippen LogP contribution < -0.4 is 4.74 Å². The molecule has 2 heteroatoms. The van der Waals surface area contributed by atoms with Crippen LogP contribution in [0.5, 0.6) is 5.75 Å². The number of para-hydroxylation sites is 1. The van der Waals surface area contributed by atoms with Gasteiger partial charge in [-0.1, -0.05) is 24.3 Å². The zero-order valence-corrected chi connectivity index (χ0v) is 12.4. The molecule has 0 spiro atoms. The summed E-state index contributed by atoms with van der Waals surface area (Å²) in [7, 11) is 0. The molecule has 104 valence electrons. The monoisotopic (exact) mass is 268 g/mol. The topological polar surface area (TPSA) is 26.3 Å². The summed E-state index contributed by atoms with van der Waals surface area (Å²) in [4.78, 5) is 12.6. The van der Waals surface area contributed by atoms with Crippen LogP contribution in [0.4, 0.5) is 0 Å². The molecular formula is C18H20O2. The Balaban J connectivity index is 2.40. The van der Waals surface area contributed by atoms with Crippen molar-refractivity contribution in [2.45, 2.75) is 33.8 Å². The maximum absolute atomic E-state index is 12.6. The van der Waals surface area contributed by atoms with E-state index in [1.807, 2.05) is 70.2 Å². The molecule has 0 aliphatic heterocycles. The van der Waals surface area contributed by atoms with Crippen LogP contribution in [-0.2, 0) is 0 Å². The van der Waals surface area contributed by atoms with Crippen LogP contribution in [0.1, 0.15) is 40.9 Å². The first kappa shape index (κ1) is 14.3. The highest BCUT2D eigenvalue weighted by Gasteiger charge is 2.15. The Morgan fingerprint density at radius 3 is 2.35 bits per heavy atom. The lowest BCUT2D eigenvalue weighted by molar-refractivity contribution is 0.103. The molecular weight excluding hydrogens is 248 g/mol. The summed E-state index contributed by atoms with van der Waals surface area (Å²) in [5.74, 6) is 0.648. The fourth-order valence-electron chi connectivity index (χ4n) is 2.05. The van der Waals surface area contributed by atoms with Crippen molar-refractivity contribution in [2.24, 2.45) is 0 Å². The number of ketones is 1. The summed E-state index contributed by atoms with van der Waals surface area (Å²) < 4.78 is 5.72. The van der Waals surface area contributed by atoms with Crippen LogP contribution in [-0.4, -0.2) is 11.9 Å². The minimum absolute atomic E-state index is 0.00403. The van der Waals surface area contributed by atoms with Crippen molar-refractivity contribution in [1.82, 2.24) is 0 Å². The lowest BCUT2D eigenvalue weighted by atomic mass is 9.99. The summed E-state index contributed by atoms with van der Waals surface area (Å²) in [6.07, 6.45) is 0.0451. The van der Waals surface area contributed by atoms with E-state index in [4.69, 9.17) is 4.74 Å². The van der Waals surface area contributed by atoms with Crippen molar-refractivity contribution >= 4 is 5.78 Å². The van der Waals surface area contributed by atoms with E-state index >= 15 is 0 Å². The molecule has 0 aliphatic carbocycles. The number of ether oxygens (including phenoxy) is 1. The van der Waals surface area contributed by atoms with Gasteiger partial charge < -0.3 is 4.74 Å². The minimum Gasteiger partial charge on any atom is -0.490 e. The molecule has 2 nitrogen and oxygen atoms in total. The second-order valence-corrected chi connectivity index (χ2v) is 5.29. The van der Waals surface area contributed by atoms with E-state index in [0.29, 0.717) is 16.9 Å². The SMILES string of the molecule is Cc1ccc(C(=O)c2ccccc2OC(C)C)cc1C. The van der Waals surface area contributed by atoms with E-state index in [9.17, 15) is 4.79 Å². The van der Waals surface area contributed by atoms with Gasteiger partial charge in [-0.15, -0.1) is 0 Å². The maximum Gasteiger partial charge on any atom is 0.196 e. The van der Waals surface area contributed by atoms with Crippen LogP contribution >= 0.6 is 0 Å². The predicted octanol–water partition coefficient (Wildman–Crippen LogP) is 4.32. The first-order chi connectivity index (χ1) is 9.49. The van der Waals surface area contributed by atoms with Gasteiger partial charge in [0, 0.05) is 5.56 Å². The van der Waals surface area contributed by atoms with Gasteiger partial charge in [-0.25, -0.2) is 0 Å². The molecule has 0 fully saturated rings. The van der Waals surface area contributed by atoms with Gasteiger partial charge in [-0.3, -0.25) is 4.79 Å². The van der Waals surface area contributed by atoms with Crippen LogP contribution in [0.15, 0.2) is 42.5 Å². The van der Waals surface area contributed by atoms with Crippen molar-refractivity contribution in [1.29, 1.82) is 0 Å². The molecule has 0 aromatic heterocycles. The van der Waals surface area contributed by atoms with Gasteiger partial charge in [0.15, 0.2) is 5.78 Å². The van der Waals surface area contributed by atoms with Crippen molar-refractivity contribution < 1.29 is 9.53 Å². The van der Waals surface area contributed by atoms with Gasteiger partial charge in [-0.05, 0) is 57.0 Å².